The van der Waals surface area contributed by atoms with Gasteiger partial charge >= 0.3 is 12.0 Å². The molecule has 1 aromatic heterocycles. The summed E-state index contributed by atoms with van der Waals surface area (Å²) >= 11 is 0. The number of nitrogens with zero attached hydrogens (tertiary/aromatic N) is 2. The SMILES string of the molecule is C=CC1CC1(NC(=O)n1ccnc1)C(=O)O. The lowest BCUT2D eigenvalue weighted by molar-refractivity contribution is -0.140. The van der Waals surface area contributed by atoms with Crippen molar-refractivity contribution in [2.45, 2.75) is 12.0 Å². The van der Waals surface area contributed by atoms with Crippen LogP contribution in [0.15, 0.2) is 31.4 Å². The Morgan fingerprint density at radius 3 is 2.88 bits per heavy atom. The second kappa shape index (κ2) is 3.48. The van der Waals surface area contributed by atoms with Crippen molar-refractivity contribution < 1.29 is 14.7 Å². The third-order valence-electron chi connectivity index (χ3n) is 2.75. The van der Waals surface area contributed by atoms with E-state index in [0.29, 0.717) is 6.42 Å². The number of carboxylic acids is 1. The lowest BCUT2D eigenvalue weighted by Crippen LogP contribution is -2.46. The standard InChI is InChI=1S/C10H11N3O3/c1-2-7-5-10(7,8(14)15)12-9(16)13-4-3-11-6-13/h2-4,6-7H,1,5H2,(H,12,16)(H,14,15). The molecule has 2 unspecified atom stereocenters. The van der Waals surface area contributed by atoms with E-state index in [9.17, 15) is 9.59 Å². The highest BCUT2D eigenvalue weighted by Gasteiger charge is 2.60. The van der Waals surface area contributed by atoms with Crippen molar-refractivity contribution >= 4 is 12.0 Å². The zero-order valence-corrected chi connectivity index (χ0v) is 8.46. The molecular formula is C10H11N3O3. The summed E-state index contributed by atoms with van der Waals surface area (Å²) in [7, 11) is 0. The first kappa shape index (κ1) is 10.4. The molecule has 0 radical (unpaired) electrons. The van der Waals surface area contributed by atoms with E-state index in [1.807, 2.05) is 0 Å². The van der Waals surface area contributed by atoms with Crippen molar-refractivity contribution in [3.63, 3.8) is 0 Å². The summed E-state index contributed by atoms with van der Waals surface area (Å²) in [5.74, 6) is -1.25. The molecule has 2 atom stereocenters. The molecule has 0 spiro atoms. The van der Waals surface area contributed by atoms with E-state index in [1.165, 1.54) is 23.3 Å². The lowest BCUT2D eigenvalue weighted by atomic mass is 10.2. The first-order valence-corrected chi connectivity index (χ1v) is 4.76. The molecule has 84 valence electrons. The molecule has 1 aliphatic carbocycles. The average Bonchev–Trinajstić information content (AvgIpc) is 2.74. The lowest BCUT2D eigenvalue weighted by Gasteiger charge is -2.13. The monoisotopic (exact) mass is 221 g/mol. The Balaban J connectivity index is 2.12. The maximum absolute atomic E-state index is 11.6. The Labute approximate surface area is 91.6 Å². The summed E-state index contributed by atoms with van der Waals surface area (Å²) in [6.07, 6.45) is 6.14. The van der Waals surface area contributed by atoms with E-state index in [0.717, 1.165) is 0 Å². The number of rotatable bonds is 3. The molecule has 1 aliphatic rings. The second-order valence-corrected chi connectivity index (χ2v) is 3.72. The predicted molar refractivity (Wildman–Crippen MR) is 54.8 cm³/mol. The molecule has 0 aromatic carbocycles. The molecular weight excluding hydrogens is 210 g/mol. The Bertz CT molecular complexity index is 440. The Hall–Kier alpha value is -2.11. The van der Waals surface area contributed by atoms with Gasteiger partial charge in [-0.1, -0.05) is 6.08 Å². The minimum atomic E-state index is -1.19. The number of hydrogen-bond acceptors (Lipinski definition) is 3. The molecule has 16 heavy (non-hydrogen) atoms. The summed E-state index contributed by atoms with van der Waals surface area (Å²) in [6.45, 7) is 3.54. The van der Waals surface area contributed by atoms with Gasteiger partial charge in [0.2, 0.25) is 0 Å². The largest absolute Gasteiger partial charge is 0.479 e. The van der Waals surface area contributed by atoms with Crippen LogP contribution in [0.2, 0.25) is 0 Å². The van der Waals surface area contributed by atoms with Crippen LogP contribution in [0.5, 0.6) is 0 Å². The Morgan fingerprint density at radius 2 is 2.44 bits per heavy atom. The number of carboxylic acid groups (broad SMARTS) is 1. The van der Waals surface area contributed by atoms with Gasteiger partial charge in [0.1, 0.15) is 11.9 Å². The molecule has 0 aliphatic heterocycles. The smallest absolute Gasteiger partial charge is 0.330 e. The molecule has 1 saturated carbocycles. The zero-order chi connectivity index (χ0) is 11.8. The average molecular weight is 221 g/mol. The molecule has 0 bridgehead atoms. The van der Waals surface area contributed by atoms with Crippen molar-refractivity contribution in [2.24, 2.45) is 5.92 Å². The van der Waals surface area contributed by atoms with Crippen LogP contribution in [-0.2, 0) is 4.79 Å². The molecule has 2 N–H and O–H groups in total. The molecule has 1 amide bonds. The third-order valence-corrected chi connectivity index (χ3v) is 2.75. The van der Waals surface area contributed by atoms with Crippen molar-refractivity contribution in [3.8, 4) is 0 Å². The predicted octanol–water partition coefficient (Wildman–Crippen LogP) is 0.470. The maximum atomic E-state index is 11.6. The quantitative estimate of drug-likeness (QED) is 0.726. The van der Waals surface area contributed by atoms with Crippen molar-refractivity contribution in [2.75, 3.05) is 0 Å². The fourth-order valence-corrected chi connectivity index (χ4v) is 1.65. The van der Waals surface area contributed by atoms with Crippen LogP contribution in [0.4, 0.5) is 4.79 Å². The van der Waals surface area contributed by atoms with Crippen LogP contribution < -0.4 is 5.32 Å². The van der Waals surface area contributed by atoms with E-state index in [-0.39, 0.29) is 5.92 Å². The van der Waals surface area contributed by atoms with Gasteiger partial charge in [0.25, 0.3) is 0 Å². The van der Waals surface area contributed by atoms with Gasteiger partial charge in [-0.3, -0.25) is 4.57 Å². The van der Waals surface area contributed by atoms with Gasteiger partial charge in [0.15, 0.2) is 0 Å². The molecule has 6 heteroatoms. The first-order chi connectivity index (χ1) is 7.60. The van der Waals surface area contributed by atoms with Crippen molar-refractivity contribution in [1.82, 2.24) is 14.9 Å². The van der Waals surface area contributed by atoms with Crippen LogP contribution in [0, 0.1) is 5.92 Å². The minimum Gasteiger partial charge on any atom is -0.479 e. The van der Waals surface area contributed by atoms with Crippen LogP contribution in [0.3, 0.4) is 0 Å². The second-order valence-electron chi connectivity index (χ2n) is 3.72. The van der Waals surface area contributed by atoms with Gasteiger partial charge in [-0.25, -0.2) is 14.6 Å². The van der Waals surface area contributed by atoms with Crippen LogP contribution in [-0.4, -0.2) is 32.2 Å². The number of amides is 1. The van der Waals surface area contributed by atoms with Gasteiger partial charge in [-0.15, -0.1) is 6.58 Å². The van der Waals surface area contributed by atoms with Crippen molar-refractivity contribution in [1.29, 1.82) is 0 Å². The highest BCUT2D eigenvalue weighted by Crippen LogP contribution is 2.44. The van der Waals surface area contributed by atoms with Crippen molar-refractivity contribution in [3.05, 3.63) is 31.4 Å². The summed E-state index contributed by atoms with van der Waals surface area (Å²) in [4.78, 5) is 26.4. The summed E-state index contributed by atoms with van der Waals surface area (Å²) in [5, 5.41) is 11.5. The van der Waals surface area contributed by atoms with Crippen LogP contribution in [0.1, 0.15) is 6.42 Å². The topological polar surface area (TPSA) is 84.2 Å². The molecule has 0 saturated heterocycles. The van der Waals surface area contributed by atoms with Gasteiger partial charge in [0.05, 0.1) is 0 Å². The number of carbonyl (C=O) groups is 2. The van der Waals surface area contributed by atoms with Gasteiger partial charge in [-0.2, -0.15) is 0 Å². The van der Waals surface area contributed by atoms with Crippen LogP contribution >= 0.6 is 0 Å². The third kappa shape index (κ3) is 1.48. The first-order valence-electron chi connectivity index (χ1n) is 4.76. The highest BCUT2D eigenvalue weighted by molar-refractivity contribution is 5.90. The molecule has 6 nitrogen and oxygen atoms in total. The van der Waals surface area contributed by atoms with Crippen LogP contribution in [0.25, 0.3) is 0 Å². The van der Waals surface area contributed by atoms with E-state index >= 15 is 0 Å². The molecule has 1 aromatic rings. The highest BCUT2D eigenvalue weighted by atomic mass is 16.4. The summed E-state index contributed by atoms with van der Waals surface area (Å²) in [5.41, 5.74) is -1.19. The number of carbonyl (C=O) groups excluding carboxylic acids is 1. The Morgan fingerprint density at radius 1 is 1.69 bits per heavy atom. The summed E-state index contributed by atoms with van der Waals surface area (Å²) in [6, 6.07) is -0.496. The molecule has 2 rings (SSSR count). The van der Waals surface area contributed by atoms with E-state index in [2.05, 4.69) is 16.9 Å². The zero-order valence-electron chi connectivity index (χ0n) is 8.46. The summed E-state index contributed by atoms with van der Waals surface area (Å²) < 4.78 is 1.20. The molecule has 1 fully saturated rings. The van der Waals surface area contributed by atoms with E-state index < -0.39 is 17.5 Å². The molecule has 1 heterocycles. The fourth-order valence-electron chi connectivity index (χ4n) is 1.65. The van der Waals surface area contributed by atoms with Gasteiger partial charge < -0.3 is 10.4 Å². The fraction of sp³-hybridized carbons (Fsp3) is 0.300. The van der Waals surface area contributed by atoms with Gasteiger partial charge in [-0.05, 0) is 6.42 Å². The normalized spacial score (nSPS) is 27.1. The van der Waals surface area contributed by atoms with Gasteiger partial charge in [0, 0.05) is 18.3 Å². The maximum Gasteiger partial charge on any atom is 0.330 e. The minimum absolute atomic E-state index is 0.211. The number of aliphatic carboxylic acids is 1. The van der Waals surface area contributed by atoms with E-state index in [4.69, 9.17) is 5.11 Å². The number of aromatic nitrogens is 2. The number of imidazole rings is 1. The number of nitrogens with one attached hydrogen (secondary N) is 1. The van der Waals surface area contributed by atoms with E-state index in [1.54, 1.807) is 6.08 Å². The Kier molecular flexibility index (Phi) is 2.26. The number of hydrogen-bond donors (Lipinski definition) is 2.